The lowest BCUT2D eigenvalue weighted by molar-refractivity contribution is 0.0932. The van der Waals surface area contributed by atoms with Gasteiger partial charge in [0.2, 0.25) is 0 Å². The maximum absolute atomic E-state index is 13.1. The second-order valence-corrected chi connectivity index (χ2v) is 6.61. The van der Waals surface area contributed by atoms with Crippen molar-refractivity contribution < 1.29 is 13.9 Å². The van der Waals surface area contributed by atoms with Crippen molar-refractivity contribution in [1.29, 1.82) is 0 Å². The fourth-order valence-electron chi connectivity index (χ4n) is 3.10. The standard InChI is InChI=1S/C23H21N3O3/c1-16(17-7-4-3-5-8-17)24-23(27)21-15-20(22-9-6-14-29-22)25-26(21)18-10-12-19(28-2)13-11-18/h3-16H,1-2H3,(H,24,27)/t16-/m0/s1. The molecule has 6 nitrogen and oxygen atoms in total. The van der Waals surface area contributed by atoms with E-state index < -0.39 is 0 Å². The van der Waals surface area contributed by atoms with E-state index in [0.29, 0.717) is 17.1 Å². The van der Waals surface area contributed by atoms with E-state index in [-0.39, 0.29) is 11.9 Å². The van der Waals surface area contributed by atoms with Gasteiger partial charge in [0.25, 0.3) is 5.91 Å². The Balaban J connectivity index is 1.69. The number of hydrogen-bond donors (Lipinski definition) is 1. The van der Waals surface area contributed by atoms with E-state index in [0.717, 1.165) is 17.0 Å². The van der Waals surface area contributed by atoms with Crippen LogP contribution in [0, 0.1) is 0 Å². The van der Waals surface area contributed by atoms with Gasteiger partial charge in [-0.2, -0.15) is 5.10 Å². The van der Waals surface area contributed by atoms with E-state index >= 15 is 0 Å². The lowest BCUT2D eigenvalue weighted by Gasteiger charge is -2.15. The third-order valence-electron chi connectivity index (χ3n) is 4.68. The van der Waals surface area contributed by atoms with Crippen LogP contribution < -0.4 is 10.1 Å². The minimum atomic E-state index is -0.220. The summed E-state index contributed by atoms with van der Waals surface area (Å²) in [5, 5.41) is 7.65. The molecule has 0 aliphatic carbocycles. The number of aromatic nitrogens is 2. The topological polar surface area (TPSA) is 69.3 Å². The largest absolute Gasteiger partial charge is 0.497 e. The Bertz CT molecular complexity index is 1080. The molecule has 2 heterocycles. The van der Waals surface area contributed by atoms with E-state index in [9.17, 15) is 4.79 Å². The predicted molar refractivity (Wildman–Crippen MR) is 110 cm³/mol. The Labute approximate surface area is 168 Å². The molecular weight excluding hydrogens is 366 g/mol. The molecule has 0 radical (unpaired) electrons. The van der Waals surface area contributed by atoms with Gasteiger partial charge in [0.15, 0.2) is 5.76 Å². The zero-order valence-electron chi connectivity index (χ0n) is 16.2. The summed E-state index contributed by atoms with van der Waals surface area (Å²) in [5.74, 6) is 1.11. The van der Waals surface area contributed by atoms with Crippen LogP contribution in [0.2, 0.25) is 0 Å². The molecule has 1 amide bonds. The van der Waals surface area contributed by atoms with Crippen molar-refractivity contribution in [3.05, 3.63) is 90.3 Å². The predicted octanol–water partition coefficient (Wildman–Crippen LogP) is 4.63. The van der Waals surface area contributed by atoms with E-state index in [1.54, 1.807) is 30.2 Å². The van der Waals surface area contributed by atoms with Crippen molar-refractivity contribution >= 4 is 5.91 Å². The average Bonchev–Trinajstić information content (AvgIpc) is 3.44. The van der Waals surface area contributed by atoms with Crippen LogP contribution in [-0.4, -0.2) is 22.8 Å². The van der Waals surface area contributed by atoms with E-state index in [2.05, 4.69) is 10.4 Å². The highest BCUT2D eigenvalue weighted by molar-refractivity contribution is 5.94. The van der Waals surface area contributed by atoms with Crippen molar-refractivity contribution in [3.63, 3.8) is 0 Å². The number of nitrogens with one attached hydrogen (secondary N) is 1. The monoisotopic (exact) mass is 387 g/mol. The summed E-state index contributed by atoms with van der Waals surface area (Å²) < 4.78 is 12.3. The van der Waals surface area contributed by atoms with E-state index in [1.165, 1.54) is 0 Å². The second kappa shape index (κ2) is 8.06. The minimum Gasteiger partial charge on any atom is -0.497 e. The number of rotatable bonds is 6. The Morgan fingerprint density at radius 1 is 1.07 bits per heavy atom. The summed E-state index contributed by atoms with van der Waals surface area (Å²) >= 11 is 0. The molecule has 0 unspecified atom stereocenters. The quantitative estimate of drug-likeness (QED) is 0.524. The van der Waals surface area contributed by atoms with Gasteiger partial charge in [-0.3, -0.25) is 4.79 Å². The SMILES string of the molecule is COc1ccc(-n2nc(-c3ccco3)cc2C(=O)N[C@@H](C)c2ccccc2)cc1. The first kappa shape index (κ1) is 18.6. The zero-order valence-corrected chi connectivity index (χ0v) is 16.2. The highest BCUT2D eigenvalue weighted by Crippen LogP contribution is 2.24. The molecular formula is C23H21N3O3. The molecule has 0 bridgehead atoms. The Kier molecular flexibility index (Phi) is 5.16. The molecule has 0 fully saturated rings. The molecule has 0 saturated heterocycles. The fraction of sp³-hybridized carbons (Fsp3) is 0.130. The highest BCUT2D eigenvalue weighted by Gasteiger charge is 2.20. The Morgan fingerprint density at radius 3 is 2.48 bits per heavy atom. The average molecular weight is 387 g/mol. The smallest absolute Gasteiger partial charge is 0.270 e. The van der Waals surface area contributed by atoms with Gasteiger partial charge in [0.05, 0.1) is 25.1 Å². The van der Waals surface area contributed by atoms with Crippen LogP contribution in [0.25, 0.3) is 17.1 Å². The van der Waals surface area contributed by atoms with Gasteiger partial charge >= 0.3 is 0 Å². The van der Waals surface area contributed by atoms with Gasteiger partial charge in [-0.1, -0.05) is 30.3 Å². The number of carbonyl (C=O) groups excluding carboxylic acids is 1. The van der Waals surface area contributed by atoms with Crippen LogP contribution in [0.3, 0.4) is 0 Å². The van der Waals surface area contributed by atoms with Crippen LogP contribution in [0.5, 0.6) is 5.75 Å². The molecule has 0 aliphatic heterocycles. The molecule has 0 spiro atoms. The third kappa shape index (κ3) is 3.91. The number of ether oxygens (including phenoxy) is 1. The molecule has 2 aromatic heterocycles. The number of nitrogens with zero attached hydrogens (tertiary/aromatic N) is 2. The van der Waals surface area contributed by atoms with Crippen LogP contribution in [0.4, 0.5) is 0 Å². The normalized spacial score (nSPS) is 11.8. The molecule has 2 aromatic carbocycles. The van der Waals surface area contributed by atoms with E-state index in [4.69, 9.17) is 9.15 Å². The van der Waals surface area contributed by atoms with Crippen LogP contribution in [-0.2, 0) is 0 Å². The lowest BCUT2D eigenvalue weighted by Crippen LogP contribution is -2.28. The second-order valence-electron chi connectivity index (χ2n) is 6.61. The number of methoxy groups -OCH3 is 1. The minimum absolute atomic E-state index is 0.144. The first-order chi connectivity index (χ1) is 14.2. The van der Waals surface area contributed by atoms with Gasteiger partial charge in [0.1, 0.15) is 17.1 Å². The molecule has 0 saturated carbocycles. The van der Waals surface area contributed by atoms with Crippen LogP contribution >= 0.6 is 0 Å². The number of carbonyl (C=O) groups is 1. The van der Waals surface area contributed by atoms with Crippen molar-refractivity contribution in [2.24, 2.45) is 0 Å². The summed E-state index contributed by atoms with van der Waals surface area (Å²) in [4.78, 5) is 13.1. The van der Waals surface area contributed by atoms with Gasteiger partial charge in [-0.05, 0) is 48.9 Å². The third-order valence-corrected chi connectivity index (χ3v) is 4.68. The Hall–Kier alpha value is -3.80. The van der Waals surface area contributed by atoms with Crippen molar-refractivity contribution in [2.75, 3.05) is 7.11 Å². The number of furan rings is 1. The Morgan fingerprint density at radius 2 is 1.83 bits per heavy atom. The first-order valence-electron chi connectivity index (χ1n) is 9.30. The maximum atomic E-state index is 13.1. The summed E-state index contributed by atoms with van der Waals surface area (Å²) in [7, 11) is 1.61. The maximum Gasteiger partial charge on any atom is 0.270 e. The molecule has 1 N–H and O–H groups in total. The van der Waals surface area contributed by atoms with Crippen molar-refractivity contribution in [2.45, 2.75) is 13.0 Å². The van der Waals surface area contributed by atoms with Gasteiger partial charge in [-0.15, -0.1) is 0 Å². The van der Waals surface area contributed by atoms with E-state index in [1.807, 2.05) is 67.6 Å². The van der Waals surface area contributed by atoms with Gasteiger partial charge < -0.3 is 14.5 Å². The molecule has 146 valence electrons. The zero-order chi connectivity index (χ0) is 20.2. The molecule has 4 aromatic rings. The number of benzene rings is 2. The van der Waals surface area contributed by atoms with Crippen LogP contribution in [0.1, 0.15) is 29.0 Å². The summed E-state index contributed by atoms with van der Waals surface area (Å²) in [6.07, 6.45) is 1.58. The van der Waals surface area contributed by atoms with Gasteiger partial charge in [0, 0.05) is 6.07 Å². The van der Waals surface area contributed by atoms with Gasteiger partial charge in [-0.25, -0.2) is 4.68 Å². The van der Waals surface area contributed by atoms with Crippen molar-refractivity contribution in [1.82, 2.24) is 15.1 Å². The first-order valence-corrected chi connectivity index (χ1v) is 9.30. The summed E-state index contributed by atoms with van der Waals surface area (Å²) in [6.45, 7) is 1.95. The highest BCUT2D eigenvalue weighted by atomic mass is 16.5. The molecule has 0 aliphatic rings. The number of hydrogen-bond acceptors (Lipinski definition) is 4. The molecule has 4 rings (SSSR count). The number of amides is 1. The summed E-state index contributed by atoms with van der Waals surface area (Å²) in [5.41, 5.74) is 2.79. The van der Waals surface area contributed by atoms with Crippen molar-refractivity contribution in [3.8, 4) is 22.9 Å². The molecule has 29 heavy (non-hydrogen) atoms. The molecule has 6 heteroatoms. The fourth-order valence-corrected chi connectivity index (χ4v) is 3.10. The summed E-state index contributed by atoms with van der Waals surface area (Å²) in [6, 6.07) is 22.4. The molecule has 1 atom stereocenters. The van der Waals surface area contributed by atoms with Crippen LogP contribution in [0.15, 0.2) is 83.5 Å². The lowest BCUT2D eigenvalue weighted by atomic mass is 10.1.